The summed E-state index contributed by atoms with van der Waals surface area (Å²) in [5.41, 5.74) is 5.01. The summed E-state index contributed by atoms with van der Waals surface area (Å²) in [5.74, 6) is -0.168. The van der Waals surface area contributed by atoms with Crippen LogP contribution in [0, 0.1) is 0 Å². The summed E-state index contributed by atoms with van der Waals surface area (Å²) in [5, 5.41) is 4.02. The highest BCUT2D eigenvalue weighted by Crippen LogP contribution is 2.42. The molecule has 1 N–H and O–H groups in total. The molecule has 160 valence electrons. The minimum absolute atomic E-state index is 0.0747. The van der Waals surface area contributed by atoms with Crippen molar-refractivity contribution >= 4 is 73.4 Å². The van der Waals surface area contributed by atoms with E-state index in [4.69, 9.17) is 11.6 Å². The van der Waals surface area contributed by atoms with Gasteiger partial charge >= 0.3 is 0 Å². The van der Waals surface area contributed by atoms with Crippen molar-refractivity contribution < 1.29 is 4.79 Å². The number of fused-ring (bicyclic) bond motifs is 1. The van der Waals surface area contributed by atoms with Crippen LogP contribution in [0.3, 0.4) is 0 Å². The lowest BCUT2D eigenvalue weighted by Gasteiger charge is -2.43. The third-order valence-corrected chi connectivity index (χ3v) is 7.17. The first-order valence-electron chi connectivity index (χ1n) is 10.0. The number of thioether (sulfide) groups is 1. The Bertz CT molecular complexity index is 1150. The average Bonchev–Trinajstić information content (AvgIpc) is 3.03. The van der Waals surface area contributed by atoms with Gasteiger partial charge < -0.3 is 10.2 Å². The second-order valence-corrected chi connectivity index (χ2v) is 10.4. The molecule has 2 heterocycles. The lowest BCUT2D eigenvalue weighted by atomic mass is 9.88. The molecule has 0 atom stereocenters. The number of benzene rings is 2. The molecule has 0 unspecified atom stereocenters. The van der Waals surface area contributed by atoms with Crippen LogP contribution in [0.4, 0.5) is 11.4 Å². The Hall–Kier alpha value is -2.02. The van der Waals surface area contributed by atoms with Crippen LogP contribution in [0.5, 0.6) is 0 Å². The number of rotatable bonds is 3. The number of nitrogens with zero attached hydrogens (tertiary/aromatic N) is 2. The number of amides is 1. The highest BCUT2D eigenvalue weighted by molar-refractivity contribution is 9.10. The van der Waals surface area contributed by atoms with Crippen molar-refractivity contribution in [3.63, 3.8) is 0 Å². The fraction of sp³-hybridized carbons (Fsp3) is 0.250. The van der Waals surface area contributed by atoms with Crippen molar-refractivity contribution in [3.05, 3.63) is 68.0 Å². The molecule has 2 aliphatic heterocycles. The van der Waals surface area contributed by atoms with E-state index in [1.807, 2.05) is 36.4 Å². The van der Waals surface area contributed by atoms with Gasteiger partial charge in [-0.05, 0) is 93.1 Å². The predicted molar refractivity (Wildman–Crippen MR) is 137 cm³/mol. The number of aliphatic imine (C=N–C) groups is 1. The number of carbonyl (C=O) groups excluding carboxylic acids is 1. The zero-order valence-corrected chi connectivity index (χ0v) is 21.0. The van der Waals surface area contributed by atoms with Crippen molar-refractivity contribution in [1.82, 2.24) is 5.32 Å². The van der Waals surface area contributed by atoms with E-state index in [1.54, 1.807) is 0 Å². The first-order chi connectivity index (χ1) is 14.7. The molecule has 4 rings (SSSR count). The van der Waals surface area contributed by atoms with E-state index in [0.717, 1.165) is 33.5 Å². The first-order valence-corrected chi connectivity index (χ1v) is 12.0. The Labute approximate surface area is 200 Å². The highest BCUT2D eigenvalue weighted by atomic mass is 79.9. The zero-order chi connectivity index (χ0) is 22.3. The normalized spacial score (nSPS) is 20.1. The number of hydrogen-bond donors (Lipinski definition) is 1. The minimum atomic E-state index is -0.168. The van der Waals surface area contributed by atoms with Crippen LogP contribution in [0.25, 0.3) is 11.6 Å². The van der Waals surface area contributed by atoms with Gasteiger partial charge in [0.25, 0.3) is 5.91 Å². The Morgan fingerprint density at radius 3 is 2.65 bits per heavy atom. The van der Waals surface area contributed by atoms with Crippen LogP contribution in [0.1, 0.15) is 38.8 Å². The van der Waals surface area contributed by atoms with Crippen molar-refractivity contribution in [3.8, 4) is 0 Å². The summed E-state index contributed by atoms with van der Waals surface area (Å²) < 4.78 is 0.983. The molecule has 0 saturated carbocycles. The monoisotopic (exact) mass is 515 g/mol. The molecular formula is C24H23BrClN3OS. The Morgan fingerprint density at radius 2 is 1.97 bits per heavy atom. The maximum absolute atomic E-state index is 12.5. The summed E-state index contributed by atoms with van der Waals surface area (Å²) in [4.78, 5) is 20.0. The number of allylic oxidation sites excluding steroid dienone is 1. The maximum Gasteiger partial charge on any atom is 0.264 e. The second kappa shape index (κ2) is 8.49. The average molecular weight is 517 g/mol. The predicted octanol–water partition coefficient (Wildman–Crippen LogP) is 7.02. The number of hydrogen-bond acceptors (Lipinski definition) is 4. The van der Waals surface area contributed by atoms with Gasteiger partial charge in [-0.3, -0.25) is 4.79 Å². The number of amidine groups is 1. The Balaban J connectivity index is 1.67. The quantitative estimate of drug-likeness (QED) is 0.446. The van der Waals surface area contributed by atoms with E-state index in [0.29, 0.717) is 15.1 Å². The summed E-state index contributed by atoms with van der Waals surface area (Å²) in [6.07, 6.45) is 4.12. The fourth-order valence-electron chi connectivity index (χ4n) is 4.06. The molecule has 0 radical (unpaired) electrons. The Morgan fingerprint density at radius 1 is 1.26 bits per heavy atom. The lowest BCUT2D eigenvalue weighted by molar-refractivity contribution is -0.115. The molecule has 1 amide bonds. The minimum Gasteiger partial charge on any atom is -0.363 e. The number of halogens is 2. The number of likely N-dealkylation sites (N-methyl/N-ethyl adjacent to an activating group) is 1. The van der Waals surface area contributed by atoms with Gasteiger partial charge in [-0.25, -0.2) is 4.99 Å². The zero-order valence-electron chi connectivity index (χ0n) is 17.8. The van der Waals surface area contributed by atoms with Crippen LogP contribution in [-0.4, -0.2) is 23.2 Å². The molecule has 0 aliphatic carbocycles. The molecule has 0 bridgehead atoms. The lowest BCUT2D eigenvalue weighted by Crippen LogP contribution is -2.44. The second-order valence-electron chi connectivity index (χ2n) is 8.07. The van der Waals surface area contributed by atoms with Gasteiger partial charge in [0.05, 0.1) is 16.1 Å². The molecule has 0 spiro atoms. The summed E-state index contributed by atoms with van der Waals surface area (Å²) in [6.45, 7) is 9.57. The topological polar surface area (TPSA) is 44.7 Å². The molecule has 0 aromatic heterocycles. The summed E-state index contributed by atoms with van der Waals surface area (Å²) in [7, 11) is 0. The van der Waals surface area contributed by atoms with Gasteiger partial charge in [-0.1, -0.05) is 33.6 Å². The van der Waals surface area contributed by atoms with Crippen molar-refractivity contribution in [2.75, 3.05) is 11.4 Å². The molecule has 2 aliphatic rings. The number of anilines is 1. The molecule has 4 nitrogen and oxygen atoms in total. The molecule has 2 aromatic rings. The highest BCUT2D eigenvalue weighted by Gasteiger charge is 2.31. The van der Waals surface area contributed by atoms with Crippen LogP contribution < -0.4 is 10.2 Å². The van der Waals surface area contributed by atoms with Crippen LogP contribution in [0.15, 0.2) is 56.8 Å². The first kappa shape index (κ1) is 22.2. The number of carbonyl (C=O) groups is 1. The van der Waals surface area contributed by atoms with Gasteiger partial charge in [0.15, 0.2) is 5.17 Å². The molecule has 7 heteroatoms. The number of nitrogens with one attached hydrogen (secondary N) is 1. The molecular weight excluding hydrogens is 494 g/mol. The maximum atomic E-state index is 12.5. The standard InChI is InChI=1S/C24H23BrClN3OS/c1-5-29-20-12-19(26)15(10-18(20)14(2)13-24(29,3)4)11-21-22(30)28-23(31-21)27-17-8-6-16(25)7-9-17/h6-13H,5H2,1-4H3,(H,27,28,30)/b21-11+. The summed E-state index contributed by atoms with van der Waals surface area (Å²) in [6, 6.07) is 11.7. The molecule has 31 heavy (non-hydrogen) atoms. The van der Waals surface area contributed by atoms with E-state index >= 15 is 0 Å². The summed E-state index contributed by atoms with van der Waals surface area (Å²) >= 11 is 11.4. The Kier molecular flexibility index (Phi) is 6.08. The van der Waals surface area contributed by atoms with Gasteiger partial charge in [0, 0.05) is 27.3 Å². The van der Waals surface area contributed by atoms with E-state index in [1.165, 1.54) is 17.3 Å². The van der Waals surface area contributed by atoms with E-state index < -0.39 is 0 Å². The molecule has 1 saturated heterocycles. The SMILES string of the molecule is CCN1c2cc(Cl)c(/C=C3/SC(=Nc4ccc(Br)cc4)NC3=O)cc2C(C)=CC1(C)C. The van der Waals surface area contributed by atoms with Crippen molar-refractivity contribution in [2.24, 2.45) is 4.99 Å². The van der Waals surface area contributed by atoms with E-state index in [2.05, 4.69) is 71.0 Å². The largest absolute Gasteiger partial charge is 0.363 e. The van der Waals surface area contributed by atoms with Crippen molar-refractivity contribution in [2.45, 2.75) is 33.2 Å². The smallest absolute Gasteiger partial charge is 0.264 e. The molecule has 2 aromatic carbocycles. The van der Waals surface area contributed by atoms with Crippen LogP contribution >= 0.6 is 39.3 Å². The van der Waals surface area contributed by atoms with Gasteiger partial charge in [-0.2, -0.15) is 0 Å². The van der Waals surface area contributed by atoms with E-state index in [9.17, 15) is 4.79 Å². The van der Waals surface area contributed by atoms with E-state index in [-0.39, 0.29) is 11.4 Å². The third kappa shape index (κ3) is 4.47. The fourth-order valence-corrected chi connectivity index (χ4v) is 5.37. The van der Waals surface area contributed by atoms with Gasteiger partial charge in [0.2, 0.25) is 0 Å². The van der Waals surface area contributed by atoms with Gasteiger partial charge in [-0.15, -0.1) is 0 Å². The van der Waals surface area contributed by atoms with Gasteiger partial charge in [0.1, 0.15) is 0 Å². The van der Waals surface area contributed by atoms with Crippen LogP contribution in [-0.2, 0) is 4.79 Å². The van der Waals surface area contributed by atoms with Crippen molar-refractivity contribution in [1.29, 1.82) is 0 Å². The molecule has 1 fully saturated rings. The third-order valence-electron chi connectivity index (χ3n) is 5.41. The van der Waals surface area contributed by atoms with Crippen LogP contribution in [0.2, 0.25) is 5.02 Å².